The van der Waals surface area contributed by atoms with Gasteiger partial charge in [-0.2, -0.15) is 0 Å². The molecule has 0 saturated carbocycles. The predicted octanol–water partition coefficient (Wildman–Crippen LogP) is 3.14. The van der Waals surface area contributed by atoms with Gasteiger partial charge in [-0.3, -0.25) is 0 Å². The lowest BCUT2D eigenvalue weighted by Gasteiger charge is -1.98. The van der Waals surface area contributed by atoms with Gasteiger partial charge in [0.1, 0.15) is 5.76 Å². The van der Waals surface area contributed by atoms with Gasteiger partial charge in [-0.1, -0.05) is 24.8 Å². The summed E-state index contributed by atoms with van der Waals surface area (Å²) in [5, 5.41) is 9.24. The van der Waals surface area contributed by atoms with E-state index in [9.17, 15) is 5.11 Å². The third kappa shape index (κ3) is 3.46. The summed E-state index contributed by atoms with van der Waals surface area (Å²) in [5.41, 5.74) is 0.845. The number of aliphatic hydroxyl groups excluding tert-OH is 1. The van der Waals surface area contributed by atoms with E-state index in [4.69, 9.17) is 0 Å². The van der Waals surface area contributed by atoms with Gasteiger partial charge in [0, 0.05) is 0 Å². The minimum Gasteiger partial charge on any atom is -0.508 e. The zero-order chi connectivity index (χ0) is 8.69. The summed E-state index contributed by atoms with van der Waals surface area (Å²) < 4.78 is 0. The van der Waals surface area contributed by atoms with Crippen molar-refractivity contribution >= 4 is 0 Å². The van der Waals surface area contributed by atoms with Crippen molar-refractivity contribution in [2.45, 2.75) is 13.3 Å². The van der Waals surface area contributed by atoms with E-state index in [1.165, 1.54) is 6.08 Å². The molecule has 11 heavy (non-hydrogen) atoms. The molecule has 0 atom stereocenters. The zero-order valence-electron chi connectivity index (χ0n) is 6.88. The minimum absolute atomic E-state index is 0.225. The lowest BCUT2D eigenvalue weighted by molar-refractivity contribution is 0.426. The van der Waals surface area contributed by atoms with Crippen LogP contribution in [0.3, 0.4) is 0 Å². The molecule has 60 valence electrons. The van der Waals surface area contributed by atoms with Crippen LogP contribution in [0, 0.1) is 0 Å². The highest BCUT2D eigenvalue weighted by Gasteiger charge is 1.94. The molecule has 0 aliphatic rings. The first-order valence-electron chi connectivity index (χ1n) is 3.54. The van der Waals surface area contributed by atoms with E-state index < -0.39 is 0 Å². The van der Waals surface area contributed by atoms with Crippen LogP contribution >= 0.6 is 0 Å². The summed E-state index contributed by atoms with van der Waals surface area (Å²) in [7, 11) is 0. The van der Waals surface area contributed by atoms with Crippen molar-refractivity contribution in [3.05, 3.63) is 48.8 Å². The maximum atomic E-state index is 9.24. The Morgan fingerprint density at radius 1 is 1.45 bits per heavy atom. The summed E-state index contributed by atoms with van der Waals surface area (Å²) in [6.45, 7) is 8.96. The van der Waals surface area contributed by atoms with Crippen LogP contribution in [0.5, 0.6) is 0 Å². The van der Waals surface area contributed by atoms with E-state index in [1.807, 2.05) is 19.1 Å². The Balaban J connectivity index is 4.54. The normalized spacial score (nSPS) is 12.8. The number of aliphatic hydroxyl groups is 1. The molecule has 0 aromatic rings. The Hall–Kier alpha value is -1.24. The quantitative estimate of drug-likeness (QED) is 0.371. The number of rotatable bonds is 4. The standard InChI is InChI=1S/C10H14O/c1-4-7-9(8-5-2)10(11)6-3/h4-6,8,11H,1,3,7H2,2H3/b8-5-,10-9+. The highest BCUT2D eigenvalue weighted by Crippen LogP contribution is 2.09. The summed E-state index contributed by atoms with van der Waals surface area (Å²) in [5.74, 6) is 0.225. The van der Waals surface area contributed by atoms with Crippen molar-refractivity contribution in [1.29, 1.82) is 0 Å². The zero-order valence-corrected chi connectivity index (χ0v) is 6.88. The van der Waals surface area contributed by atoms with Crippen molar-refractivity contribution in [3.63, 3.8) is 0 Å². The number of allylic oxidation sites excluding steroid dienone is 5. The monoisotopic (exact) mass is 150 g/mol. The van der Waals surface area contributed by atoms with E-state index in [1.54, 1.807) is 6.08 Å². The second kappa shape index (κ2) is 5.54. The Labute approximate surface area is 68.1 Å². The summed E-state index contributed by atoms with van der Waals surface area (Å²) in [6, 6.07) is 0. The molecule has 1 heteroatoms. The van der Waals surface area contributed by atoms with Gasteiger partial charge >= 0.3 is 0 Å². The van der Waals surface area contributed by atoms with Crippen LogP contribution in [0.25, 0.3) is 0 Å². The van der Waals surface area contributed by atoms with Crippen LogP contribution in [0.1, 0.15) is 13.3 Å². The first kappa shape index (κ1) is 9.76. The SMILES string of the molecule is C=CCC(/C=C\C)=C(\O)C=C. The second-order valence-corrected chi connectivity index (χ2v) is 2.11. The van der Waals surface area contributed by atoms with Gasteiger partial charge in [0.25, 0.3) is 0 Å². The molecule has 0 fully saturated rings. The smallest absolute Gasteiger partial charge is 0.118 e. The Kier molecular flexibility index (Phi) is 4.91. The average Bonchev–Trinajstić information content (AvgIpc) is 2.03. The van der Waals surface area contributed by atoms with Gasteiger partial charge in [0.05, 0.1) is 0 Å². The fraction of sp³-hybridized carbons (Fsp3) is 0.200. The molecular weight excluding hydrogens is 136 g/mol. The third-order valence-corrected chi connectivity index (χ3v) is 1.25. The average molecular weight is 150 g/mol. The van der Waals surface area contributed by atoms with Crippen molar-refractivity contribution in [2.24, 2.45) is 0 Å². The largest absolute Gasteiger partial charge is 0.508 e. The van der Waals surface area contributed by atoms with Crippen molar-refractivity contribution < 1.29 is 5.11 Å². The summed E-state index contributed by atoms with van der Waals surface area (Å²) >= 11 is 0. The van der Waals surface area contributed by atoms with Crippen molar-refractivity contribution in [1.82, 2.24) is 0 Å². The van der Waals surface area contributed by atoms with Crippen LogP contribution in [0.4, 0.5) is 0 Å². The molecule has 0 aromatic heterocycles. The van der Waals surface area contributed by atoms with Gasteiger partial charge in [0.2, 0.25) is 0 Å². The first-order valence-corrected chi connectivity index (χ1v) is 3.54. The Morgan fingerprint density at radius 3 is 2.45 bits per heavy atom. The molecule has 0 heterocycles. The molecule has 0 spiro atoms. The van der Waals surface area contributed by atoms with E-state index >= 15 is 0 Å². The third-order valence-electron chi connectivity index (χ3n) is 1.25. The number of hydrogen-bond acceptors (Lipinski definition) is 1. The van der Waals surface area contributed by atoms with Crippen LogP contribution in [0.2, 0.25) is 0 Å². The molecule has 0 amide bonds. The van der Waals surface area contributed by atoms with Gasteiger partial charge < -0.3 is 5.11 Å². The Morgan fingerprint density at radius 2 is 2.09 bits per heavy atom. The Bertz CT molecular complexity index is 197. The van der Waals surface area contributed by atoms with E-state index in [0.717, 1.165) is 5.57 Å². The van der Waals surface area contributed by atoms with E-state index in [-0.39, 0.29) is 5.76 Å². The van der Waals surface area contributed by atoms with Crippen LogP contribution < -0.4 is 0 Å². The molecule has 0 rings (SSSR count). The highest BCUT2D eigenvalue weighted by atomic mass is 16.3. The highest BCUT2D eigenvalue weighted by molar-refractivity contribution is 5.28. The fourth-order valence-electron chi connectivity index (χ4n) is 0.746. The lowest BCUT2D eigenvalue weighted by Crippen LogP contribution is -1.83. The van der Waals surface area contributed by atoms with Gasteiger partial charge in [-0.05, 0) is 25.0 Å². The van der Waals surface area contributed by atoms with E-state index in [0.29, 0.717) is 6.42 Å². The molecule has 0 aliphatic heterocycles. The van der Waals surface area contributed by atoms with Crippen molar-refractivity contribution in [2.75, 3.05) is 0 Å². The summed E-state index contributed by atoms with van der Waals surface area (Å²) in [4.78, 5) is 0. The molecule has 0 saturated heterocycles. The topological polar surface area (TPSA) is 20.2 Å². The minimum atomic E-state index is 0.225. The molecule has 1 nitrogen and oxygen atoms in total. The van der Waals surface area contributed by atoms with E-state index in [2.05, 4.69) is 13.2 Å². The summed E-state index contributed by atoms with van der Waals surface area (Å²) in [6.07, 6.45) is 7.56. The maximum absolute atomic E-state index is 9.24. The van der Waals surface area contributed by atoms with Crippen LogP contribution in [-0.2, 0) is 0 Å². The molecule has 0 aromatic carbocycles. The second-order valence-electron chi connectivity index (χ2n) is 2.11. The molecule has 0 radical (unpaired) electrons. The van der Waals surface area contributed by atoms with Crippen LogP contribution in [-0.4, -0.2) is 5.11 Å². The molecular formula is C10H14O. The maximum Gasteiger partial charge on any atom is 0.118 e. The lowest BCUT2D eigenvalue weighted by atomic mass is 10.1. The molecule has 0 bridgehead atoms. The van der Waals surface area contributed by atoms with Gasteiger partial charge in [-0.25, -0.2) is 0 Å². The number of hydrogen-bond donors (Lipinski definition) is 1. The predicted molar refractivity (Wildman–Crippen MR) is 49.5 cm³/mol. The van der Waals surface area contributed by atoms with Gasteiger partial charge in [-0.15, -0.1) is 6.58 Å². The fourth-order valence-corrected chi connectivity index (χ4v) is 0.746. The molecule has 1 N–H and O–H groups in total. The van der Waals surface area contributed by atoms with Gasteiger partial charge in [0.15, 0.2) is 0 Å². The van der Waals surface area contributed by atoms with Crippen LogP contribution in [0.15, 0.2) is 48.8 Å². The molecule has 0 aliphatic carbocycles. The van der Waals surface area contributed by atoms with Crippen molar-refractivity contribution in [3.8, 4) is 0 Å². The molecule has 0 unspecified atom stereocenters. The first-order chi connectivity index (χ1) is 5.26.